The van der Waals surface area contributed by atoms with Crippen LogP contribution in [-0.2, 0) is 9.59 Å². The molecule has 0 aliphatic carbocycles. The molecule has 146 valence electrons. The van der Waals surface area contributed by atoms with Gasteiger partial charge in [-0.15, -0.1) is 0 Å². The van der Waals surface area contributed by atoms with Gasteiger partial charge < -0.3 is 0 Å². The van der Waals surface area contributed by atoms with Gasteiger partial charge in [0.1, 0.15) is 0 Å². The number of nitrogens with zero attached hydrogens (tertiary/aromatic N) is 2. The topological polar surface area (TPSA) is 82.9 Å². The highest BCUT2D eigenvalue weighted by atomic mass is 16.2. The van der Waals surface area contributed by atoms with Crippen LogP contribution in [0.2, 0.25) is 0 Å². The van der Waals surface area contributed by atoms with Crippen molar-refractivity contribution in [3.8, 4) is 0 Å². The smallest absolute Gasteiger partial charge is 0.262 e. The predicted molar refractivity (Wildman–Crippen MR) is 119 cm³/mol. The monoisotopic (exact) mass is 394 g/mol. The summed E-state index contributed by atoms with van der Waals surface area (Å²) >= 11 is 0. The zero-order chi connectivity index (χ0) is 20.8. The average Bonchev–Trinajstić information content (AvgIpc) is 2.78. The molecule has 0 radical (unpaired) electrons. The van der Waals surface area contributed by atoms with Crippen LogP contribution in [0.15, 0.2) is 95.1 Å². The van der Waals surface area contributed by atoms with Gasteiger partial charge in [0, 0.05) is 0 Å². The Morgan fingerprint density at radius 3 is 1.40 bits per heavy atom. The summed E-state index contributed by atoms with van der Waals surface area (Å²) in [6.45, 7) is 0. The number of hydrazone groups is 2. The third-order valence-corrected chi connectivity index (χ3v) is 4.51. The summed E-state index contributed by atoms with van der Waals surface area (Å²) in [6, 6.07) is 27.4. The zero-order valence-electron chi connectivity index (χ0n) is 15.9. The van der Waals surface area contributed by atoms with Gasteiger partial charge in [0.25, 0.3) is 0 Å². The maximum atomic E-state index is 11.9. The maximum absolute atomic E-state index is 11.9. The molecule has 0 atom stereocenters. The van der Waals surface area contributed by atoms with Crippen LogP contribution < -0.4 is 10.9 Å². The minimum Gasteiger partial charge on any atom is -0.262 e. The predicted octanol–water partition coefficient (Wildman–Crippen LogP) is 3.59. The highest BCUT2D eigenvalue weighted by Crippen LogP contribution is 2.15. The number of hydrogen-bond acceptors (Lipinski definition) is 4. The van der Waals surface area contributed by atoms with E-state index in [0.29, 0.717) is 0 Å². The Hall–Kier alpha value is -4.32. The van der Waals surface area contributed by atoms with E-state index >= 15 is 0 Å². The second kappa shape index (κ2) is 8.79. The van der Waals surface area contributed by atoms with E-state index in [1.54, 1.807) is 0 Å². The van der Waals surface area contributed by atoms with Crippen LogP contribution in [0.1, 0.15) is 11.1 Å². The fraction of sp³-hybridized carbons (Fsp3) is 0. The van der Waals surface area contributed by atoms with E-state index in [0.717, 1.165) is 32.7 Å². The van der Waals surface area contributed by atoms with Crippen molar-refractivity contribution < 1.29 is 9.59 Å². The van der Waals surface area contributed by atoms with Crippen LogP contribution in [0, 0.1) is 0 Å². The fourth-order valence-corrected chi connectivity index (χ4v) is 3.01. The second-order valence-corrected chi connectivity index (χ2v) is 6.61. The fourth-order valence-electron chi connectivity index (χ4n) is 3.01. The van der Waals surface area contributed by atoms with E-state index in [2.05, 4.69) is 21.1 Å². The van der Waals surface area contributed by atoms with E-state index in [1.807, 2.05) is 84.9 Å². The molecule has 0 saturated heterocycles. The number of rotatable bonds is 4. The first-order valence-corrected chi connectivity index (χ1v) is 9.33. The molecule has 6 nitrogen and oxygen atoms in total. The van der Waals surface area contributed by atoms with Crippen molar-refractivity contribution in [2.24, 2.45) is 10.2 Å². The lowest BCUT2D eigenvalue weighted by Crippen LogP contribution is -2.35. The van der Waals surface area contributed by atoms with Crippen molar-refractivity contribution in [1.29, 1.82) is 0 Å². The van der Waals surface area contributed by atoms with Gasteiger partial charge in [0.15, 0.2) is 0 Å². The number of hydrogen-bond donors (Lipinski definition) is 2. The van der Waals surface area contributed by atoms with E-state index in [9.17, 15) is 9.59 Å². The number of amides is 2. The Morgan fingerprint density at radius 1 is 0.567 bits per heavy atom. The minimum atomic E-state index is -0.900. The molecule has 30 heavy (non-hydrogen) atoms. The van der Waals surface area contributed by atoms with Gasteiger partial charge in [-0.3, -0.25) is 9.59 Å². The van der Waals surface area contributed by atoms with Gasteiger partial charge in [0.05, 0.1) is 12.4 Å². The van der Waals surface area contributed by atoms with Crippen molar-refractivity contribution in [2.45, 2.75) is 0 Å². The average molecular weight is 394 g/mol. The number of nitrogens with one attached hydrogen (secondary N) is 2. The normalized spacial score (nSPS) is 11.3. The van der Waals surface area contributed by atoms with E-state index < -0.39 is 11.8 Å². The van der Waals surface area contributed by atoms with Gasteiger partial charge in [-0.2, -0.15) is 10.2 Å². The molecular formula is C24H18N4O2. The lowest BCUT2D eigenvalue weighted by molar-refractivity contribution is -0.139. The zero-order valence-corrected chi connectivity index (χ0v) is 15.9. The van der Waals surface area contributed by atoms with Crippen molar-refractivity contribution in [3.05, 3.63) is 96.1 Å². The van der Waals surface area contributed by atoms with Crippen molar-refractivity contribution in [2.75, 3.05) is 0 Å². The lowest BCUT2D eigenvalue weighted by atomic mass is 10.1. The van der Waals surface area contributed by atoms with Crippen molar-refractivity contribution in [3.63, 3.8) is 0 Å². The summed E-state index contributed by atoms with van der Waals surface area (Å²) in [4.78, 5) is 23.7. The molecule has 0 aromatic heterocycles. The SMILES string of the molecule is O=C(N/N=C/c1ccc2ccccc2c1)C(=O)N/N=C/c1ccc2ccccc2c1. The molecule has 4 aromatic carbocycles. The number of carbonyl (C=O) groups excluding carboxylic acids is 2. The third-order valence-electron chi connectivity index (χ3n) is 4.51. The highest BCUT2D eigenvalue weighted by Gasteiger charge is 2.11. The third kappa shape index (κ3) is 4.56. The number of fused-ring (bicyclic) bond motifs is 2. The lowest BCUT2D eigenvalue weighted by Gasteiger charge is -2.01. The number of benzene rings is 4. The summed E-state index contributed by atoms with van der Waals surface area (Å²) in [7, 11) is 0. The molecule has 0 unspecified atom stereocenters. The summed E-state index contributed by atoms with van der Waals surface area (Å²) in [5.41, 5.74) is 6.01. The molecule has 6 heteroatoms. The molecule has 2 N–H and O–H groups in total. The van der Waals surface area contributed by atoms with E-state index in [1.165, 1.54) is 12.4 Å². The van der Waals surface area contributed by atoms with Gasteiger partial charge in [0.2, 0.25) is 0 Å². The molecule has 4 aromatic rings. The Labute approximate surface area is 172 Å². The molecule has 0 heterocycles. The number of carbonyl (C=O) groups is 2. The molecule has 2 amide bonds. The summed E-state index contributed by atoms with van der Waals surface area (Å²) < 4.78 is 0. The van der Waals surface area contributed by atoms with Crippen LogP contribution in [0.5, 0.6) is 0 Å². The molecule has 0 saturated carbocycles. The van der Waals surface area contributed by atoms with Gasteiger partial charge in [-0.1, -0.05) is 72.8 Å². The first-order valence-electron chi connectivity index (χ1n) is 9.33. The quantitative estimate of drug-likeness (QED) is 0.315. The molecule has 0 spiro atoms. The molecular weight excluding hydrogens is 376 g/mol. The van der Waals surface area contributed by atoms with Gasteiger partial charge >= 0.3 is 11.8 Å². The second-order valence-electron chi connectivity index (χ2n) is 6.61. The van der Waals surface area contributed by atoms with Gasteiger partial charge in [-0.25, -0.2) is 10.9 Å². The maximum Gasteiger partial charge on any atom is 0.331 e. The molecule has 0 fully saturated rings. The van der Waals surface area contributed by atoms with E-state index in [-0.39, 0.29) is 0 Å². The van der Waals surface area contributed by atoms with Crippen molar-refractivity contribution >= 4 is 45.8 Å². The molecule has 0 bridgehead atoms. The van der Waals surface area contributed by atoms with E-state index in [4.69, 9.17) is 0 Å². The molecule has 4 rings (SSSR count). The Morgan fingerprint density at radius 2 is 0.967 bits per heavy atom. The highest BCUT2D eigenvalue weighted by molar-refractivity contribution is 6.35. The summed E-state index contributed by atoms with van der Waals surface area (Å²) in [6.07, 6.45) is 2.96. The van der Waals surface area contributed by atoms with Gasteiger partial charge in [-0.05, 0) is 44.8 Å². The summed E-state index contributed by atoms with van der Waals surface area (Å²) in [5.74, 6) is -1.80. The Kier molecular flexibility index (Phi) is 5.57. The first-order chi connectivity index (χ1) is 14.7. The molecule has 0 aliphatic heterocycles. The van der Waals surface area contributed by atoms with Crippen molar-refractivity contribution in [1.82, 2.24) is 10.9 Å². The van der Waals surface area contributed by atoms with Crippen LogP contribution >= 0.6 is 0 Å². The van der Waals surface area contributed by atoms with Crippen LogP contribution in [0.25, 0.3) is 21.5 Å². The summed E-state index contributed by atoms with van der Waals surface area (Å²) in [5, 5.41) is 12.0. The van der Waals surface area contributed by atoms with Crippen LogP contribution in [-0.4, -0.2) is 24.2 Å². The largest absolute Gasteiger partial charge is 0.331 e. The first kappa shape index (κ1) is 19.0. The van der Waals surface area contributed by atoms with Crippen LogP contribution in [0.4, 0.5) is 0 Å². The van der Waals surface area contributed by atoms with Crippen LogP contribution in [0.3, 0.4) is 0 Å². The Bertz CT molecular complexity index is 1190. The Balaban J connectivity index is 1.32. The minimum absolute atomic E-state index is 0.809. The standard InChI is InChI=1S/C24H18N4O2/c29-23(27-25-15-17-9-11-19-5-1-3-7-21(19)13-17)24(30)28-26-16-18-10-12-20-6-2-4-8-22(20)14-18/h1-16H,(H,27,29)(H,28,30)/b25-15+,26-16+. The molecule has 0 aliphatic rings.